The van der Waals surface area contributed by atoms with Gasteiger partial charge in [-0.1, -0.05) is 18.2 Å². The van der Waals surface area contributed by atoms with Gasteiger partial charge in [0.15, 0.2) is 17.5 Å². The highest BCUT2D eigenvalue weighted by Gasteiger charge is 2.24. The number of halogens is 2. The third kappa shape index (κ3) is 8.01. The van der Waals surface area contributed by atoms with Crippen LogP contribution in [0.15, 0.2) is 47.5 Å². The number of nitrogens with one attached hydrogen (secondary N) is 2. The smallest absolute Gasteiger partial charge is 0.191 e. The molecule has 0 spiro atoms. The van der Waals surface area contributed by atoms with E-state index in [1.165, 1.54) is 6.07 Å². The molecule has 1 heterocycles. The van der Waals surface area contributed by atoms with Crippen molar-refractivity contribution in [2.24, 2.45) is 4.99 Å². The van der Waals surface area contributed by atoms with Crippen LogP contribution in [-0.4, -0.2) is 71.5 Å². The molecule has 3 rings (SSSR count). The first-order valence-electron chi connectivity index (χ1n) is 10.9. The molecule has 2 N–H and O–H groups in total. The summed E-state index contributed by atoms with van der Waals surface area (Å²) in [6.07, 6.45) is 0.709. The molecule has 7 nitrogen and oxygen atoms in total. The predicted molar refractivity (Wildman–Crippen MR) is 140 cm³/mol. The molecule has 0 bridgehead atoms. The first-order valence-corrected chi connectivity index (χ1v) is 10.9. The monoisotopic (exact) mass is 572 g/mol. The van der Waals surface area contributed by atoms with Gasteiger partial charge < -0.3 is 24.8 Å². The summed E-state index contributed by atoms with van der Waals surface area (Å²) in [6.45, 7) is 4.45. The van der Waals surface area contributed by atoms with Crippen molar-refractivity contribution < 1.29 is 18.6 Å². The number of rotatable bonds is 9. The number of ether oxygens (including phenoxy) is 3. The largest absolute Gasteiger partial charge is 0.493 e. The van der Waals surface area contributed by atoms with Gasteiger partial charge in [0.1, 0.15) is 5.82 Å². The van der Waals surface area contributed by atoms with Crippen LogP contribution in [0.2, 0.25) is 0 Å². The molecule has 2 aromatic carbocycles. The summed E-state index contributed by atoms with van der Waals surface area (Å²) in [5, 5.41) is 6.76. The lowest BCUT2D eigenvalue weighted by atomic mass is 10.0. The van der Waals surface area contributed by atoms with Crippen molar-refractivity contribution in [3.63, 3.8) is 0 Å². The quantitative estimate of drug-likeness (QED) is 0.274. The summed E-state index contributed by atoms with van der Waals surface area (Å²) >= 11 is 0. The van der Waals surface area contributed by atoms with Crippen LogP contribution in [0.3, 0.4) is 0 Å². The number of hydrogen-bond donors (Lipinski definition) is 2. The molecule has 1 fully saturated rings. The lowest BCUT2D eigenvalue weighted by Crippen LogP contribution is -2.46. The van der Waals surface area contributed by atoms with Crippen LogP contribution >= 0.6 is 24.0 Å². The lowest BCUT2D eigenvalue weighted by molar-refractivity contribution is 0.0169. The molecule has 182 valence electrons. The van der Waals surface area contributed by atoms with Gasteiger partial charge in [-0.25, -0.2) is 4.39 Å². The number of aliphatic imine (C=N–C) groups is 1. The Labute approximate surface area is 212 Å². The van der Waals surface area contributed by atoms with Crippen molar-refractivity contribution in [2.45, 2.75) is 12.5 Å². The summed E-state index contributed by atoms with van der Waals surface area (Å²) < 4.78 is 29.8. The third-order valence-corrected chi connectivity index (χ3v) is 5.56. The van der Waals surface area contributed by atoms with Crippen LogP contribution in [0, 0.1) is 5.82 Å². The van der Waals surface area contributed by atoms with Gasteiger partial charge in [0.25, 0.3) is 0 Å². The van der Waals surface area contributed by atoms with Gasteiger partial charge in [-0.3, -0.25) is 9.89 Å². The second-order valence-corrected chi connectivity index (χ2v) is 7.54. The minimum absolute atomic E-state index is 0. The zero-order valence-corrected chi connectivity index (χ0v) is 21.8. The molecule has 1 saturated heterocycles. The van der Waals surface area contributed by atoms with E-state index in [0.29, 0.717) is 50.2 Å². The van der Waals surface area contributed by atoms with Gasteiger partial charge in [-0.2, -0.15) is 0 Å². The van der Waals surface area contributed by atoms with Crippen LogP contribution in [0.25, 0.3) is 0 Å². The van der Waals surface area contributed by atoms with Gasteiger partial charge >= 0.3 is 0 Å². The van der Waals surface area contributed by atoms with Gasteiger partial charge in [-0.15, -0.1) is 24.0 Å². The van der Waals surface area contributed by atoms with Crippen LogP contribution in [0.5, 0.6) is 11.5 Å². The average molecular weight is 572 g/mol. The molecule has 0 aliphatic carbocycles. The van der Waals surface area contributed by atoms with Gasteiger partial charge in [-0.05, 0) is 41.8 Å². The van der Waals surface area contributed by atoms with Crippen molar-refractivity contribution in [1.82, 2.24) is 15.5 Å². The maximum atomic E-state index is 13.4. The average Bonchev–Trinajstić information content (AvgIpc) is 2.83. The number of hydrogen-bond acceptors (Lipinski definition) is 5. The van der Waals surface area contributed by atoms with E-state index in [2.05, 4.69) is 26.6 Å². The van der Waals surface area contributed by atoms with E-state index in [4.69, 9.17) is 14.2 Å². The number of benzene rings is 2. The number of methoxy groups -OCH3 is 2. The number of nitrogens with zero attached hydrogens (tertiary/aromatic N) is 2. The Bertz CT molecular complexity index is 894. The Morgan fingerprint density at radius 3 is 2.52 bits per heavy atom. The third-order valence-electron chi connectivity index (χ3n) is 5.56. The van der Waals surface area contributed by atoms with Crippen LogP contribution < -0.4 is 20.1 Å². The number of guanidine groups is 1. The number of morpholine rings is 1. The fourth-order valence-electron chi connectivity index (χ4n) is 3.84. The Kier molecular flexibility index (Phi) is 11.7. The summed E-state index contributed by atoms with van der Waals surface area (Å²) in [5.41, 5.74) is 2.08. The maximum Gasteiger partial charge on any atom is 0.191 e. The molecular formula is C24H34FIN4O3. The molecule has 1 aliphatic heterocycles. The summed E-state index contributed by atoms with van der Waals surface area (Å²) in [7, 11) is 5.03. The van der Waals surface area contributed by atoms with E-state index in [1.54, 1.807) is 33.4 Å². The normalized spacial score (nSPS) is 15.3. The Morgan fingerprint density at radius 1 is 1.09 bits per heavy atom. The van der Waals surface area contributed by atoms with Crippen LogP contribution in [0.1, 0.15) is 17.2 Å². The topological polar surface area (TPSA) is 67.4 Å². The zero-order valence-electron chi connectivity index (χ0n) is 19.5. The van der Waals surface area contributed by atoms with Crippen molar-refractivity contribution >= 4 is 29.9 Å². The molecule has 0 aromatic heterocycles. The Balaban J connectivity index is 0.00000385. The van der Waals surface area contributed by atoms with Crippen LogP contribution in [-0.2, 0) is 11.2 Å². The Hall–Kier alpha value is -2.11. The standard InChI is InChI=1S/C24H33FN4O3.HI/c1-26-24(27-10-9-18-5-4-6-20(25)15-18)28-17-21(29-11-13-32-14-12-29)19-7-8-22(30-2)23(16-19)31-3;/h4-8,15-16,21H,9-14,17H2,1-3H3,(H2,26,27,28);1H. The summed E-state index contributed by atoms with van der Waals surface area (Å²) in [6, 6.07) is 12.8. The van der Waals surface area contributed by atoms with E-state index in [9.17, 15) is 4.39 Å². The second kappa shape index (κ2) is 14.2. The summed E-state index contributed by atoms with van der Waals surface area (Å²) in [5.74, 6) is 1.91. The molecule has 1 atom stereocenters. The molecule has 1 unspecified atom stereocenters. The molecule has 0 saturated carbocycles. The van der Waals surface area contributed by atoms with E-state index in [-0.39, 0.29) is 35.8 Å². The molecular weight excluding hydrogens is 538 g/mol. The highest BCUT2D eigenvalue weighted by molar-refractivity contribution is 14.0. The van der Waals surface area contributed by atoms with E-state index < -0.39 is 0 Å². The second-order valence-electron chi connectivity index (χ2n) is 7.54. The SMILES string of the molecule is CN=C(NCCc1cccc(F)c1)NCC(c1ccc(OC)c(OC)c1)N1CCOCC1.I. The van der Waals surface area contributed by atoms with Crippen molar-refractivity contribution in [3.8, 4) is 11.5 Å². The molecule has 9 heteroatoms. The maximum absolute atomic E-state index is 13.4. The minimum Gasteiger partial charge on any atom is -0.493 e. The van der Waals surface area contributed by atoms with E-state index >= 15 is 0 Å². The molecule has 33 heavy (non-hydrogen) atoms. The van der Waals surface area contributed by atoms with Crippen LogP contribution in [0.4, 0.5) is 4.39 Å². The highest BCUT2D eigenvalue weighted by Crippen LogP contribution is 2.32. The fraction of sp³-hybridized carbons (Fsp3) is 0.458. The predicted octanol–water partition coefficient (Wildman–Crippen LogP) is 3.24. The molecule has 2 aromatic rings. The first-order chi connectivity index (χ1) is 15.6. The molecule has 0 radical (unpaired) electrons. The molecule has 1 aliphatic rings. The minimum atomic E-state index is -0.215. The molecule has 0 amide bonds. The summed E-state index contributed by atoms with van der Waals surface area (Å²) in [4.78, 5) is 6.74. The fourth-order valence-corrected chi connectivity index (χ4v) is 3.84. The Morgan fingerprint density at radius 2 is 1.85 bits per heavy atom. The van der Waals surface area contributed by atoms with Crippen molar-refractivity contribution in [2.75, 3.05) is 60.7 Å². The van der Waals surface area contributed by atoms with Gasteiger partial charge in [0.05, 0.1) is 33.5 Å². The van der Waals surface area contributed by atoms with Crippen molar-refractivity contribution in [3.05, 3.63) is 59.4 Å². The lowest BCUT2D eigenvalue weighted by Gasteiger charge is -2.35. The van der Waals surface area contributed by atoms with Gasteiger partial charge in [0.2, 0.25) is 0 Å². The van der Waals surface area contributed by atoms with Gasteiger partial charge in [0, 0.05) is 33.2 Å². The highest BCUT2D eigenvalue weighted by atomic mass is 127. The zero-order chi connectivity index (χ0) is 22.8. The van der Waals surface area contributed by atoms with Crippen molar-refractivity contribution in [1.29, 1.82) is 0 Å². The first kappa shape index (κ1) is 27.1. The van der Waals surface area contributed by atoms with E-state index in [0.717, 1.165) is 24.2 Å². The van der Waals surface area contributed by atoms with E-state index in [1.807, 2.05) is 18.2 Å².